The highest BCUT2D eigenvalue weighted by molar-refractivity contribution is 7.54. The first kappa shape index (κ1) is 13.0. The van der Waals surface area contributed by atoms with Gasteiger partial charge in [0.1, 0.15) is 5.15 Å². The molecule has 8 nitrogen and oxygen atoms in total. The highest BCUT2D eigenvalue weighted by Crippen LogP contribution is 2.35. The molecule has 0 saturated carbocycles. The number of carboxylic acids is 1. The fourth-order valence-electron chi connectivity index (χ4n) is 1.45. The van der Waals surface area contributed by atoms with Gasteiger partial charge in [-0.05, 0) is 6.07 Å². The third-order valence-electron chi connectivity index (χ3n) is 2.10. The molecule has 2 heterocycles. The molecule has 0 aliphatic heterocycles. The van der Waals surface area contributed by atoms with E-state index in [0.29, 0.717) is 0 Å². The van der Waals surface area contributed by atoms with Crippen LogP contribution >= 0.6 is 19.1 Å². The quantitative estimate of drug-likeness (QED) is 0.560. The highest BCUT2D eigenvalue weighted by Gasteiger charge is 2.18. The van der Waals surface area contributed by atoms with Crippen molar-refractivity contribution in [2.75, 3.05) is 0 Å². The predicted octanol–water partition coefficient (Wildman–Crippen LogP) is 0.725. The zero-order valence-electron chi connectivity index (χ0n) is 8.82. The van der Waals surface area contributed by atoms with Gasteiger partial charge in [0, 0.05) is 11.9 Å². The van der Waals surface area contributed by atoms with E-state index in [4.69, 9.17) is 27.1 Å². The van der Waals surface area contributed by atoms with Gasteiger partial charge in [-0.1, -0.05) is 11.6 Å². The minimum Gasteiger partial charge on any atom is -0.476 e. The van der Waals surface area contributed by atoms with E-state index in [-0.39, 0.29) is 28.5 Å². The molecule has 10 heteroatoms. The number of carbonyl (C=O) groups is 1. The molecule has 0 fully saturated rings. The summed E-state index contributed by atoms with van der Waals surface area (Å²) in [6, 6.07) is 1.33. The normalized spacial score (nSPS) is 14.6. The van der Waals surface area contributed by atoms with Crippen LogP contribution in [0.1, 0.15) is 16.2 Å². The Morgan fingerprint density at radius 1 is 1.56 bits per heavy atom. The Morgan fingerprint density at radius 2 is 2.22 bits per heavy atom. The summed E-state index contributed by atoms with van der Waals surface area (Å²) < 4.78 is 12.5. The monoisotopic (exact) mass is 290 g/mol. The van der Waals surface area contributed by atoms with Crippen molar-refractivity contribution >= 4 is 30.9 Å². The SMILES string of the molecule is NP(=O)(O)Cc1cc(Cl)nc2nc(C(=O)O)cn12. The molecule has 0 saturated heterocycles. The molecule has 0 aliphatic rings. The number of rotatable bonds is 3. The van der Waals surface area contributed by atoms with Gasteiger partial charge in [0.2, 0.25) is 5.78 Å². The molecule has 18 heavy (non-hydrogen) atoms. The number of fused-ring (bicyclic) bond motifs is 1. The lowest BCUT2D eigenvalue weighted by Crippen LogP contribution is -2.03. The van der Waals surface area contributed by atoms with Crippen molar-refractivity contribution in [3.8, 4) is 0 Å². The molecule has 0 spiro atoms. The summed E-state index contributed by atoms with van der Waals surface area (Å²) in [4.78, 5) is 27.5. The van der Waals surface area contributed by atoms with E-state index in [2.05, 4.69) is 9.97 Å². The van der Waals surface area contributed by atoms with Crippen LogP contribution in [-0.2, 0) is 10.7 Å². The van der Waals surface area contributed by atoms with Crippen LogP contribution in [0.5, 0.6) is 0 Å². The molecule has 2 aromatic rings. The summed E-state index contributed by atoms with van der Waals surface area (Å²) in [5.41, 5.74) is 5.10. The van der Waals surface area contributed by atoms with Crippen molar-refractivity contribution < 1.29 is 19.4 Å². The van der Waals surface area contributed by atoms with E-state index in [1.807, 2.05) is 0 Å². The van der Waals surface area contributed by atoms with Crippen LogP contribution in [0.4, 0.5) is 0 Å². The van der Waals surface area contributed by atoms with Crippen molar-refractivity contribution in [3.63, 3.8) is 0 Å². The van der Waals surface area contributed by atoms with Gasteiger partial charge in [-0.25, -0.2) is 14.8 Å². The van der Waals surface area contributed by atoms with E-state index in [9.17, 15) is 9.36 Å². The second-order valence-electron chi connectivity index (χ2n) is 3.59. The lowest BCUT2D eigenvalue weighted by Gasteiger charge is -2.07. The van der Waals surface area contributed by atoms with Crippen LogP contribution in [0, 0.1) is 0 Å². The molecule has 0 radical (unpaired) electrons. The lowest BCUT2D eigenvalue weighted by molar-refractivity contribution is 0.0691. The number of halogens is 1. The highest BCUT2D eigenvalue weighted by atomic mass is 35.5. The second kappa shape index (κ2) is 4.33. The van der Waals surface area contributed by atoms with Crippen molar-refractivity contribution in [2.24, 2.45) is 5.50 Å². The van der Waals surface area contributed by atoms with Crippen LogP contribution in [-0.4, -0.2) is 30.3 Å². The Kier molecular flexibility index (Phi) is 3.12. The number of aromatic carboxylic acids is 1. The average Bonchev–Trinajstić information content (AvgIpc) is 2.58. The molecular weight excluding hydrogens is 283 g/mol. The zero-order chi connectivity index (χ0) is 13.5. The van der Waals surface area contributed by atoms with E-state index >= 15 is 0 Å². The Balaban J connectivity index is 2.64. The summed E-state index contributed by atoms with van der Waals surface area (Å²) in [5, 5.41) is 8.85. The number of carboxylic acid groups (broad SMARTS) is 1. The van der Waals surface area contributed by atoms with E-state index in [1.54, 1.807) is 0 Å². The third-order valence-corrected chi connectivity index (χ3v) is 3.07. The van der Waals surface area contributed by atoms with Gasteiger partial charge in [-0.15, -0.1) is 0 Å². The predicted molar refractivity (Wildman–Crippen MR) is 62.7 cm³/mol. The van der Waals surface area contributed by atoms with Crippen LogP contribution in [0.2, 0.25) is 5.15 Å². The van der Waals surface area contributed by atoms with Gasteiger partial charge in [0.05, 0.1) is 6.16 Å². The fourth-order valence-corrected chi connectivity index (χ4v) is 2.36. The number of aromatic nitrogens is 3. The maximum atomic E-state index is 11.2. The number of hydrogen-bond donors (Lipinski definition) is 3. The maximum absolute atomic E-state index is 11.2. The zero-order valence-corrected chi connectivity index (χ0v) is 10.5. The molecule has 4 N–H and O–H groups in total. The summed E-state index contributed by atoms with van der Waals surface area (Å²) in [7, 11) is -3.81. The second-order valence-corrected chi connectivity index (χ2v) is 5.80. The largest absolute Gasteiger partial charge is 0.476 e. The van der Waals surface area contributed by atoms with Crippen molar-refractivity contribution in [1.82, 2.24) is 14.4 Å². The first-order valence-corrected chi connectivity index (χ1v) is 6.94. The van der Waals surface area contributed by atoms with Gasteiger partial charge >= 0.3 is 5.97 Å². The van der Waals surface area contributed by atoms with Crippen LogP contribution in [0.3, 0.4) is 0 Å². The van der Waals surface area contributed by atoms with Gasteiger partial charge in [0.15, 0.2) is 5.69 Å². The molecule has 2 rings (SSSR count). The number of nitrogens with zero attached hydrogens (tertiary/aromatic N) is 3. The standard InChI is InChI=1S/C8H8ClN4O4P/c9-6-1-4(3-18(10,16)17)13-2-5(7(14)15)11-8(13)12-6/h1-2H,3H2,(H,14,15)(H3,10,16,17). The van der Waals surface area contributed by atoms with Crippen molar-refractivity contribution in [3.05, 3.63) is 28.8 Å². The number of imidazole rings is 1. The van der Waals surface area contributed by atoms with E-state index < -0.39 is 13.5 Å². The first-order valence-electron chi connectivity index (χ1n) is 4.64. The smallest absolute Gasteiger partial charge is 0.356 e. The molecule has 0 amide bonds. The minimum absolute atomic E-state index is 0.0309. The summed E-state index contributed by atoms with van der Waals surface area (Å²) in [6.07, 6.45) is 0.827. The summed E-state index contributed by atoms with van der Waals surface area (Å²) >= 11 is 5.72. The van der Waals surface area contributed by atoms with Gasteiger partial charge in [-0.3, -0.25) is 14.5 Å². The molecule has 0 aromatic carbocycles. The maximum Gasteiger partial charge on any atom is 0.356 e. The number of nitrogens with two attached hydrogens (primary N) is 1. The minimum atomic E-state index is -3.81. The fraction of sp³-hybridized carbons (Fsp3) is 0.125. The van der Waals surface area contributed by atoms with E-state index in [1.165, 1.54) is 16.7 Å². The van der Waals surface area contributed by atoms with Crippen molar-refractivity contribution in [1.29, 1.82) is 0 Å². The molecule has 1 unspecified atom stereocenters. The van der Waals surface area contributed by atoms with Crippen LogP contribution < -0.4 is 5.50 Å². The number of hydrogen-bond acceptors (Lipinski definition) is 4. The summed E-state index contributed by atoms with van der Waals surface area (Å²) in [6.45, 7) is 0. The Labute approximate surface area is 106 Å². The molecule has 96 valence electrons. The molecule has 0 aliphatic carbocycles. The van der Waals surface area contributed by atoms with Crippen molar-refractivity contribution in [2.45, 2.75) is 6.16 Å². The molecule has 2 aromatic heterocycles. The van der Waals surface area contributed by atoms with Gasteiger partial charge < -0.3 is 10.00 Å². The molecule has 1 atom stereocenters. The van der Waals surface area contributed by atoms with Crippen LogP contribution in [0.15, 0.2) is 12.3 Å². The molecular formula is C8H8ClN4O4P. The average molecular weight is 291 g/mol. The van der Waals surface area contributed by atoms with Crippen LogP contribution in [0.25, 0.3) is 5.78 Å². The van der Waals surface area contributed by atoms with E-state index in [0.717, 1.165) is 0 Å². The van der Waals surface area contributed by atoms with Gasteiger partial charge in [-0.2, -0.15) is 0 Å². The van der Waals surface area contributed by atoms with Gasteiger partial charge in [0.25, 0.3) is 7.52 Å². The molecule has 0 bridgehead atoms. The Morgan fingerprint density at radius 3 is 2.78 bits per heavy atom. The Bertz CT molecular complexity index is 679. The topological polar surface area (TPSA) is 131 Å². The Hall–Kier alpha value is -1.47. The first-order chi connectivity index (χ1) is 8.26. The third kappa shape index (κ3) is 2.68. The summed E-state index contributed by atoms with van der Waals surface area (Å²) in [5.74, 6) is -1.20. The lowest BCUT2D eigenvalue weighted by atomic mass is 10.4.